The van der Waals surface area contributed by atoms with Crippen LogP contribution in [0.1, 0.15) is 19.4 Å². The maximum Gasteiger partial charge on any atom is 0.418 e. The highest BCUT2D eigenvalue weighted by Crippen LogP contribution is 2.43. The summed E-state index contributed by atoms with van der Waals surface area (Å²) in [4.78, 5) is 1.53. The molecule has 1 aliphatic rings. The Balaban J connectivity index is 2.46. The molecule has 0 fully saturated rings. The highest BCUT2D eigenvalue weighted by Gasteiger charge is 2.38. The molecule has 0 aromatic heterocycles. The van der Waals surface area contributed by atoms with E-state index in [1.165, 1.54) is 17.0 Å². The summed E-state index contributed by atoms with van der Waals surface area (Å²) in [6.07, 6.45) is -4.44. The quantitative estimate of drug-likeness (QED) is 0.900. The Morgan fingerprint density at radius 2 is 2.00 bits per heavy atom. The van der Waals surface area contributed by atoms with Crippen molar-refractivity contribution in [3.8, 4) is 5.75 Å². The van der Waals surface area contributed by atoms with Crippen LogP contribution in [0.25, 0.3) is 0 Å². The molecule has 0 saturated carbocycles. The molecule has 0 atom stereocenters. The van der Waals surface area contributed by atoms with Gasteiger partial charge in [0.15, 0.2) is 0 Å². The van der Waals surface area contributed by atoms with Crippen LogP contribution in [0.15, 0.2) is 18.2 Å². The first-order valence-electron chi connectivity index (χ1n) is 5.99. The van der Waals surface area contributed by atoms with Gasteiger partial charge >= 0.3 is 6.18 Å². The summed E-state index contributed by atoms with van der Waals surface area (Å²) < 4.78 is 44.4. The van der Waals surface area contributed by atoms with Crippen molar-refractivity contribution in [3.63, 3.8) is 0 Å². The fourth-order valence-corrected chi connectivity index (χ4v) is 2.20. The largest absolute Gasteiger partial charge is 0.490 e. The molecule has 1 N–H and O–H groups in total. The minimum absolute atomic E-state index is 0.0170. The number of aliphatic hydroxyl groups is 1. The molecular weight excluding hydrogens is 259 g/mol. The zero-order chi connectivity index (χ0) is 14.3. The summed E-state index contributed by atoms with van der Waals surface area (Å²) >= 11 is 0. The molecule has 6 heteroatoms. The third kappa shape index (κ3) is 3.12. The molecule has 19 heavy (non-hydrogen) atoms. The molecule has 0 amide bonds. The molecule has 0 aliphatic carbocycles. The number of hydrogen-bond acceptors (Lipinski definition) is 3. The van der Waals surface area contributed by atoms with Gasteiger partial charge in [-0.25, -0.2) is 0 Å². The number of benzene rings is 1. The average Bonchev–Trinajstić information content (AvgIpc) is 2.25. The standard InChI is InChI=1S/C13H16F3NO2/c1-12(2,18)8-17-6-7-19-10-5-3-4-9(11(10)17)13(14,15)16/h3-5,18H,6-8H2,1-2H3. The van der Waals surface area contributed by atoms with Crippen molar-refractivity contribution < 1.29 is 23.0 Å². The highest BCUT2D eigenvalue weighted by molar-refractivity contribution is 5.66. The van der Waals surface area contributed by atoms with Crippen LogP contribution < -0.4 is 9.64 Å². The van der Waals surface area contributed by atoms with Crippen LogP contribution in [0.4, 0.5) is 18.9 Å². The zero-order valence-corrected chi connectivity index (χ0v) is 10.8. The zero-order valence-electron chi connectivity index (χ0n) is 10.8. The summed E-state index contributed by atoms with van der Waals surface area (Å²) in [6, 6.07) is 3.88. The van der Waals surface area contributed by atoms with E-state index in [2.05, 4.69) is 0 Å². The lowest BCUT2D eigenvalue weighted by Crippen LogP contribution is -2.43. The summed E-state index contributed by atoms with van der Waals surface area (Å²) in [6.45, 7) is 3.89. The Bertz CT molecular complexity index is 466. The minimum atomic E-state index is -4.44. The first-order valence-corrected chi connectivity index (χ1v) is 5.99. The molecule has 0 unspecified atom stereocenters. The van der Waals surface area contributed by atoms with Crippen molar-refractivity contribution in [2.75, 3.05) is 24.6 Å². The van der Waals surface area contributed by atoms with E-state index in [9.17, 15) is 18.3 Å². The van der Waals surface area contributed by atoms with E-state index < -0.39 is 17.3 Å². The lowest BCUT2D eigenvalue weighted by Gasteiger charge is -2.36. The lowest BCUT2D eigenvalue weighted by atomic mass is 10.1. The van der Waals surface area contributed by atoms with Crippen molar-refractivity contribution in [1.82, 2.24) is 0 Å². The molecule has 3 nitrogen and oxygen atoms in total. The van der Waals surface area contributed by atoms with E-state index >= 15 is 0 Å². The number of rotatable bonds is 2. The van der Waals surface area contributed by atoms with Gasteiger partial charge in [0.05, 0.1) is 23.4 Å². The molecule has 0 spiro atoms. The van der Waals surface area contributed by atoms with Gasteiger partial charge in [-0.1, -0.05) is 6.07 Å². The summed E-state index contributed by atoms with van der Waals surface area (Å²) in [5.74, 6) is 0.213. The van der Waals surface area contributed by atoms with Gasteiger partial charge in [-0.05, 0) is 26.0 Å². The Labute approximate surface area is 109 Å². The fraction of sp³-hybridized carbons (Fsp3) is 0.538. The third-order valence-electron chi connectivity index (χ3n) is 2.82. The van der Waals surface area contributed by atoms with Gasteiger partial charge in [0.25, 0.3) is 0 Å². The van der Waals surface area contributed by atoms with Crippen LogP contribution in [0.5, 0.6) is 5.75 Å². The van der Waals surface area contributed by atoms with Gasteiger partial charge in [0.1, 0.15) is 12.4 Å². The van der Waals surface area contributed by atoms with Gasteiger partial charge in [-0.15, -0.1) is 0 Å². The maximum absolute atomic E-state index is 13.0. The van der Waals surface area contributed by atoms with E-state index in [0.717, 1.165) is 6.07 Å². The number of nitrogens with zero attached hydrogens (tertiary/aromatic N) is 1. The number of anilines is 1. The summed E-state index contributed by atoms with van der Waals surface area (Å²) in [7, 11) is 0. The van der Waals surface area contributed by atoms with Crippen LogP contribution in [0.2, 0.25) is 0 Å². The van der Waals surface area contributed by atoms with Crippen molar-refractivity contribution in [3.05, 3.63) is 23.8 Å². The Kier molecular flexibility index (Phi) is 3.38. The van der Waals surface area contributed by atoms with Crippen molar-refractivity contribution in [2.45, 2.75) is 25.6 Å². The fourth-order valence-electron chi connectivity index (χ4n) is 2.20. The van der Waals surface area contributed by atoms with Crippen molar-refractivity contribution in [1.29, 1.82) is 0 Å². The summed E-state index contributed by atoms with van der Waals surface area (Å²) in [5, 5.41) is 9.83. The SMILES string of the molecule is CC(C)(O)CN1CCOc2cccc(C(F)(F)F)c21. The normalized spacial score (nSPS) is 16.0. The highest BCUT2D eigenvalue weighted by atomic mass is 19.4. The van der Waals surface area contributed by atoms with Crippen LogP contribution in [0.3, 0.4) is 0 Å². The van der Waals surface area contributed by atoms with E-state index in [1.807, 2.05) is 0 Å². The first-order chi connectivity index (χ1) is 8.68. The number of fused-ring (bicyclic) bond motifs is 1. The van der Waals surface area contributed by atoms with Gasteiger partial charge < -0.3 is 14.7 Å². The van der Waals surface area contributed by atoms with Crippen molar-refractivity contribution >= 4 is 5.69 Å². The second kappa shape index (κ2) is 4.59. The average molecular weight is 275 g/mol. The molecule has 0 saturated heterocycles. The van der Waals surface area contributed by atoms with Crippen LogP contribution in [-0.2, 0) is 6.18 Å². The second-order valence-electron chi connectivity index (χ2n) is 5.23. The molecule has 1 aliphatic heterocycles. The van der Waals surface area contributed by atoms with Crippen molar-refractivity contribution in [2.24, 2.45) is 0 Å². The van der Waals surface area contributed by atoms with Gasteiger partial charge in [-0.2, -0.15) is 13.2 Å². The Hall–Kier alpha value is -1.43. The number of para-hydroxylation sites is 1. The first kappa shape index (κ1) is 14.0. The van der Waals surface area contributed by atoms with Crippen LogP contribution in [-0.4, -0.2) is 30.4 Å². The van der Waals surface area contributed by atoms with Gasteiger partial charge in [-0.3, -0.25) is 0 Å². The molecule has 1 aromatic carbocycles. The number of alkyl halides is 3. The smallest absolute Gasteiger partial charge is 0.418 e. The molecule has 0 radical (unpaired) electrons. The molecule has 1 aromatic rings. The number of halogens is 3. The molecule has 0 bridgehead atoms. The molecule has 106 valence electrons. The monoisotopic (exact) mass is 275 g/mol. The number of β-amino-alcohol motifs (C(OH)–C–C–N with tert-alkyl or cyclic N) is 1. The third-order valence-corrected chi connectivity index (χ3v) is 2.82. The lowest BCUT2D eigenvalue weighted by molar-refractivity contribution is -0.137. The number of hydrogen-bond donors (Lipinski definition) is 1. The van der Waals surface area contributed by atoms with E-state index in [4.69, 9.17) is 4.74 Å². The van der Waals surface area contributed by atoms with E-state index in [-0.39, 0.29) is 18.0 Å². The Morgan fingerprint density at radius 3 is 2.58 bits per heavy atom. The van der Waals surface area contributed by atoms with Gasteiger partial charge in [0, 0.05) is 6.54 Å². The second-order valence-corrected chi connectivity index (χ2v) is 5.23. The predicted molar refractivity (Wildman–Crippen MR) is 65.4 cm³/mol. The maximum atomic E-state index is 13.0. The van der Waals surface area contributed by atoms with E-state index in [1.54, 1.807) is 13.8 Å². The predicted octanol–water partition coefficient (Wildman–Crippen LogP) is 2.68. The van der Waals surface area contributed by atoms with Crippen LogP contribution in [0, 0.1) is 0 Å². The van der Waals surface area contributed by atoms with Gasteiger partial charge in [0.2, 0.25) is 0 Å². The summed E-state index contributed by atoms with van der Waals surface area (Å²) in [5.41, 5.74) is -1.79. The Morgan fingerprint density at radius 1 is 1.32 bits per heavy atom. The molecular formula is C13H16F3NO2. The molecule has 2 rings (SSSR count). The van der Waals surface area contributed by atoms with E-state index in [0.29, 0.717) is 13.2 Å². The number of ether oxygens (including phenoxy) is 1. The minimum Gasteiger partial charge on any atom is -0.490 e. The van der Waals surface area contributed by atoms with Crippen LogP contribution >= 0.6 is 0 Å². The molecule has 1 heterocycles. The topological polar surface area (TPSA) is 32.7 Å².